The van der Waals surface area contributed by atoms with Crippen molar-refractivity contribution in [3.63, 3.8) is 0 Å². The standard InChI is InChI=1S/C20H21FN6OS/c21-16-5-4-14(19(28)27-9-7-22-8-10-27)11-17(16)24-12-15-13-25-20(29-15)26-18-3-1-2-6-23-18/h1-6,11,13,22,24H,7-10,12H2,(H,23,25,26). The normalized spacial score (nSPS) is 13.9. The lowest BCUT2D eigenvalue weighted by Crippen LogP contribution is -2.46. The Bertz CT molecular complexity index is 974. The first-order chi connectivity index (χ1) is 14.2. The number of nitrogens with zero attached hydrogens (tertiary/aromatic N) is 3. The van der Waals surface area contributed by atoms with Gasteiger partial charge in [-0.05, 0) is 30.3 Å². The highest BCUT2D eigenvalue weighted by Crippen LogP contribution is 2.24. The van der Waals surface area contributed by atoms with E-state index in [0.717, 1.165) is 18.0 Å². The Morgan fingerprint density at radius 1 is 1.21 bits per heavy atom. The van der Waals surface area contributed by atoms with Crippen molar-refractivity contribution in [3.05, 3.63) is 65.0 Å². The molecule has 3 N–H and O–H groups in total. The maximum Gasteiger partial charge on any atom is 0.254 e. The highest BCUT2D eigenvalue weighted by atomic mass is 32.1. The number of pyridine rings is 1. The highest BCUT2D eigenvalue weighted by Gasteiger charge is 2.19. The number of nitrogens with one attached hydrogen (secondary N) is 3. The number of anilines is 3. The fourth-order valence-corrected chi connectivity index (χ4v) is 3.78. The first-order valence-corrected chi connectivity index (χ1v) is 10.2. The van der Waals surface area contributed by atoms with Gasteiger partial charge in [-0.25, -0.2) is 14.4 Å². The van der Waals surface area contributed by atoms with Crippen molar-refractivity contribution >= 4 is 33.9 Å². The highest BCUT2D eigenvalue weighted by molar-refractivity contribution is 7.15. The van der Waals surface area contributed by atoms with Gasteiger partial charge < -0.3 is 20.9 Å². The summed E-state index contributed by atoms with van der Waals surface area (Å²) in [6.07, 6.45) is 3.44. The van der Waals surface area contributed by atoms with Gasteiger partial charge in [-0.2, -0.15) is 0 Å². The Labute approximate surface area is 172 Å². The van der Waals surface area contributed by atoms with Gasteiger partial charge >= 0.3 is 0 Å². The van der Waals surface area contributed by atoms with Gasteiger partial charge in [0.15, 0.2) is 5.13 Å². The second kappa shape index (κ2) is 8.97. The summed E-state index contributed by atoms with van der Waals surface area (Å²) in [5.74, 6) is 0.249. The van der Waals surface area contributed by atoms with Crippen LogP contribution in [0.2, 0.25) is 0 Å². The number of thiazole rings is 1. The molecule has 1 aliphatic rings. The van der Waals surface area contributed by atoms with Crippen LogP contribution in [0.5, 0.6) is 0 Å². The summed E-state index contributed by atoms with van der Waals surface area (Å²) in [5.41, 5.74) is 0.788. The van der Waals surface area contributed by atoms with E-state index in [-0.39, 0.29) is 5.91 Å². The molecule has 0 spiro atoms. The van der Waals surface area contributed by atoms with Crippen molar-refractivity contribution in [2.45, 2.75) is 6.54 Å². The molecule has 1 aromatic carbocycles. The summed E-state index contributed by atoms with van der Waals surface area (Å²) in [4.78, 5) is 23.9. The molecule has 0 saturated carbocycles. The van der Waals surface area contributed by atoms with Crippen molar-refractivity contribution < 1.29 is 9.18 Å². The molecule has 3 heterocycles. The van der Waals surface area contributed by atoms with E-state index in [9.17, 15) is 9.18 Å². The maximum absolute atomic E-state index is 14.2. The van der Waals surface area contributed by atoms with Gasteiger partial charge in [0, 0.05) is 49.0 Å². The molecule has 0 radical (unpaired) electrons. The predicted octanol–water partition coefficient (Wildman–Crippen LogP) is 3.08. The van der Waals surface area contributed by atoms with Crippen molar-refractivity contribution in [1.82, 2.24) is 20.2 Å². The van der Waals surface area contributed by atoms with Gasteiger partial charge in [-0.15, -0.1) is 0 Å². The van der Waals surface area contributed by atoms with Gasteiger partial charge in [0.05, 0.1) is 12.2 Å². The molecule has 1 saturated heterocycles. The van der Waals surface area contributed by atoms with Crippen LogP contribution >= 0.6 is 11.3 Å². The van der Waals surface area contributed by atoms with Gasteiger partial charge in [-0.3, -0.25) is 4.79 Å². The summed E-state index contributed by atoms with van der Waals surface area (Å²) >= 11 is 1.46. The van der Waals surface area contributed by atoms with Crippen LogP contribution in [0.25, 0.3) is 0 Å². The lowest BCUT2D eigenvalue weighted by atomic mass is 10.1. The number of amides is 1. The molecule has 1 fully saturated rings. The van der Waals surface area contributed by atoms with Crippen molar-refractivity contribution in [1.29, 1.82) is 0 Å². The Morgan fingerprint density at radius 2 is 2.07 bits per heavy atom. The number of hydrogen-bond acceptors (Lipinski definition) is 7. The summed E-state index contributed by atoms with van der Waals surface area (Å²) in [6, 6.07) is 10.0. The van der Waals surface area contributed by atoms with Gasteiger partial charge in [0.2, 0.25) is 0 Å². The molecule has 29 heavy (non-hydrogen) atoms. The predicted molar refractivity (Wildman–Crippen MR) is 112 cm³/mol. The topological polar surface area (TPSA) is 82.2 Å². The summed E-state index contributed by atoms with van der Waals surface area (Å²) < 4.78 is 14.2. The van der Waals surface area contributed by atoms with E-state index in [1.54, 1.807) is 23.4 Å². The average Bonchev–Trinajstić information content (AvgIpc) is 3.21. The van der Waals surface area contributed by atoms with E-state index in [4.69, 9.17) is 0 Å². The number of carbonyl (C=O) groups excluding carboxylic acids is 1. The fourth-order valence-electron chi connectivity index (χ4n) is 3.02. The number of aromatic nitrogens is 2. The Balaban J connectivity index is 1.40. The zero-order valence-corrected chi connectivity index (χ0v) is 16.5. The van der Waals surface area contributed by atoms with Crippen LogP contribution in [-0.2, 0) is 6.54 Å². The average molecular weight is 412 g/mol. The molecule has 0 atom stereocenters. The molecule has 9 heteroatoms. The number of piperazine rings is 1. The molecule has 0 bridgehead atoms. The van der Waals surface area contributed by atoms with Gasteiger partial charge in [0.25, 0.3) is 5.91 Å². The smallest absolute Gasteiger partial charge is 0.254 e. The zero-order chi connectivity index (χ0) is 20.1. The second-order valence-electron chi connectivity index (χ2n) is 6.56. The molecule has 4 rings (SSSR count). The molecular weight excluding hydrogens is 391 g/mol. The first-order valence-electron chi connectivity index (χ1n) is 9.35. The van der Waals surface area contributed by atoms with E-state index in [0.29, 0.717) is 41.8 Å². The maximum atomic E-state index is 14.2. The summed E-state index contributed by atoms with van der Waals surface area (Å²) in [5, 5.41) is 10.1. The number of carbonyl (C=O) groups is 1. The Morgan fingerprint density at radius 3 is 2.86 bits per heavy atom. The fraction of sp³-hybridized carbons (Fsp3) is 0.250. The van der Waals surface area contributed by atoms with Crippen molar-refractivity contribution in [2.75, 3.05) is 36.8 Å². The molecule has 1 amide bonds. The molecule has 7 nitrogen and oxygen atoms in total. The third-order valence-electron chi connectivity index (χ3n) is 4.52. The van der Waals surface area contributed by atoms with Crippen molar-refractivity contribution in [3.8, 4) is 0 Å². The van der Waals surface area contributed by atoms with Crippen LogP contribution in [0.1, 0.15) is 15.2 Å². The summed E-state index contributed by atoms with van der Waals surface area (Å²) in [7, 11) is 0. The van der Waals surface area contributed by atoms with Gasteiger partial charge in [0.1, 0.15) is 11.6 Å². The number of halogens is 1. The minimum atomic E-state index is -0.391. The quantitative estimate of drug-likeness (QED) is 0.577. The van der Waals surface area contributed by atoms with Crippen LogP contribution in [0.3, 0.4) is 0 Å². The first kappa shape index (κ1) is 19.3. The SMILES string of the molecule is O=C(c1ccc(F)c(NCc2cnc(Nc3ccccn3)s2)c1)N1CCNCC1. The minimum absolute atomic E-state index is 0.0748. The molecule has 3 aromatic rings. The van der Waals surface area contributed by atoms with Crippen LogP contribution in [-0.4, -0.2) is 47.0 Å². The molecule has 150 valence electrons. The van der Waals surface area contributed by atoms with Crippen LogP contribution in [0.4, 0.5) is 21.0 Å². The van der Waals surface area contributed by atoms with E-state index < -0.39 is 5.82 Å². The van der Waals surface area contributed by atoms with Gasteiger partial charge in [-0.1, -0.05) is 17.4 Å². The van der Waals surface area contributed by atoms with E-state index in [2.05, 4.69) is 25.9 Å². The lowest BCUT2D eigenvalue weighted by Gasteiger charge is -2.27. The molecule has 2 aromatic heterocycles. The van der Waals surface area contributed by atoms with E-state index in [1.807, 2.05) is 18.2 Å². The monoisotopic (exact) mass is 412 g/mol. The largest absolute Gasteiger partial charge is 0.378 e. The molecular formula is C20H21FN6OS. The number of hydrogen-bond donors (Lipinski definition) is 3. The van der Waals surface area contributed by atoms with E-state index in [1.165, 1.54) is 23.5 Å². The van der Waals surface area contributed by atoms with Crippen LogP contribution in [0, 0.1) is 5.82 Å². The number of rotatable bonds is 6. The van der Waals surface area contributed by atoms with Crippen LogP contribution < -0.4 is 16.0 Å². The van der Waals surface area contributed by atoms with E-state index >= 15 is 0 Å². The molecule has 0 aliphatic carbocycles. The van der Waals surface area contributed by atoms with Crippen molar-refractivity contribution in [2.24, 2.45) is 0 Å². The Hall–Kier alpha value is -3.04. The molecule has 1 aliphatic heterocycles. The minimum Gasteiger partial charge on any atom is -0.378 e. The van der Waals surface area contributed by atoms with Crippen LogP contribution in [0.15, 0.2) is 48.8 Å². The number of benzene rings is 1. The zero-order valence-electron chi connectivity index (χ0n) is 15.7. The third-order valence-corrected chi connectivity index (χ3v) is 5.44. The molecule has 0 unspecified atom stereocenters. The Kier molecular flexibility index (Phi) is 5.97. The third kappa shape index (κ3) is 4.87. The summed E-state index contributed by atoms with van der Waals surface area (Å²) in [6.45, 7) is 3.28. The lowest BCUT2D eigenvalue weighted by molar-refractivity contribution is 0.0736. The second-order valence-corrected chi connectivity index (χ2v) is 7.68.